The van der Waals surface area contributed by atoms with E-state index in [1.54, 1.807) is 25.5 Å². The number of hydrogen-bond acceptors (Lipinski definition) is 4. The van der Waals surface area contributed by atoms with Gasteiger partial charge in [-0.1, -0.05) is 12.1 Å². The van der Waals surface area contributed by atoms with E-state index in [2.05, 4.69) is 32.7 Å². The molecule has 0 fully saturated rings. The molecule has 130 valence electrons. The van der Waals surface area contributed by atoms with Gasteiger partial charge >= 0.3 is 0 Å². The minimum Gasteiger partial charge on any atom is -0.497 e. The van der Waals surface area contributed by atoms with Gasteiger partial charge in [0.1, 0.15) is 18.1 Å². The van der Waals surface area contributed by atoms with E-state index in [9.17, 15) is 0 Å². The SMILES string of the molecule is CN=C(NCCOc1cccc(OC)c1)N(C)CCc1cccs1. The maximum atomic E-state index is 5.73. The smallest absolute Gasteiger partial charge is 0.193 e. The van der Waals surface area contributed by atoms with E-state index in [1.807, 2.05) is 31.3 Å². The number of ether oxygens (including phenoxy) is 2. The molecule has 0 aliphatic heterocycles. The number of guanidine groups is 1. The zero-order valence-corrected chi connectivity index (χ0v) is 15.3. The van der Waals surface area contributed by atoms with Gasteiger partial charge in [-0.3, -0.25) is 4.99 Å². The molecule has 24 heavy (non-hydrogen) atoms. The van der Waals surface area contributed by atoms with Crippen molar-refractivity contribution in [3.8, 4) is 11.5 Å². The zero-order chi connectivity index (χ0) is 17.2. The Morgan fingerprint density at radius 1 is 1.25 bits per heavy atom. The van der Waals surface area contributed by atoms with E-state index in [1.165, 1.54) is 4.88 Å². The number of nitrogens with one attached hydrogen (secondary N) is 1. The van der Waals surface area contributed by atoms with Crippen LogP contribution in [0.25, 0.3) is 0 Å². The molecule has 0 saturated carbocycles. The summed E-state index contributed by atoms with van der Waals surface area (Å²) >= 11 is 1.79. The number of hydrogen-bond donors (Lipinski definition) is 1. The highest BCUT2D eigenvalue weighted by atomic mass is 32.1. The second-order valence-corrected chi connectivity index (χ2v) is 6.28. The molecule has 0 atom stereocenters. The molecular weight excluding hydrogens is 322 g/mol. The molecule has 5 nitrogen and oxygen atoms in total. The van der Waals surface area contributed by atoms with Gasteiger partial charge in [-0.25, -0.2) is 0 Å². The van der Waals surface area contributed by atoms with Crippen molar-refractivity contribution in [1.82, 2.24) is 10.2 Å². The van der Waals surface area contributed by atoms with Gasteiger partial charge in [0.25, 0.3) is 0 Å². The average molecular weight is 347 g/mol. The van der Waals surface area contributed by atoms with Crippen LogP contribution in [0.4, 0.5) is 0 Å². The predicted molar refractivity (Wildman–Crippen MR) is 101 cm³/mol. The van der Waals surface area contributed by atoms with E-state index in [4.69, 9.17) is 9.47 Å². The van der Waals surface area contributed by atoms with Crippen molar-refractivity contribution in [3.05, 3.63) is 46.7 Å². The molecule has 0 bridgehead atoms. The zero-order valence-electron chi connectivity index (χ0n) is 14.5. The van der Waals surface area contributed by atoms with Crippen LogP contribution >= 0.6 is 11.3 Å². The second kappa shape index (κ2) is 9.82. The van der Waals surface area contributed by atoms with E-state index < -0.39 is 0 Å². The third-order valence-electron chi connectivity index (χ3n) is 3.54. The molecule has 1 aromatic heterocycles. The van der Waals surface area contributed by atoms with Crippen LogP contribution in [-0.2, 0) is 6.42 Å². The molecule has 1 N–H and O–H groups in total. The lowest BCUT2D eigenvalue weighted by Crippen LogP contribution is -2.41. The van der Waals surface area contributed by atoms with Gasteiger partial charge < -0.3 is 19.7 Å². The second-order valence-electron chi connectivity index (χ2n) is 5.25. The Balaban J connectivity index is 1.70. The molecule has 2 rings (SSSR count). The molecule has 0 aliphatic carbocycles. The Kier molecular flexibility index (Phi) is 7.42. The standard InChI is InChI=1S/C18H25N3O2S/c1-19-18(21(2)11-9-17-8-5-13-24-17)20-10-12-23-16-7-4-6-15(14-16)22-3/h4-8,13-14H,9-12H2,1-3H3,(H,19,20). The third-order valence-corrected chi connectivity index (χ3v) is 4.48. The Labute approximate surface area is 147 Å². The lowest BCUT2D eigenvalue weighted by molar-refractivity contribution is 0.316. The first-order valence-corrected chi connectivity index (χ1v) is 8.82. The van der Waals surface area contributed by atoms with Gasteiger partial charge in [0.2, 0.25) is 0 Å². The summed E-state index contributed by atoms with van der Waals surface area (Å²) in [5, 5.41) is 5.43. The minimum absolute atomic E-state index is 0.560. The maximum absolute atomic E-state index is 5.73. The summed E-state index contributed by atoms with van der Waals surface area (Å²) in [7, 11) is 5.50. The lowest BCUT2D eigenvalue weighted by Gasteiger charge is -2.21. The highest BCUT2D eigenvalue weighted by Crippen LogP contribution is 2.18. The van der Waals surface area contributed by atoms with E-state index in [-0.39, 0.29) is 0 Å². The van der Waals surface area contributed by atoms with Crippen molar-refractivity contribution in [2.24, 2.45) is 4.99 Å². The normalized spacial score (nSPS) is 11.2. The molecule has 1 aromatic carbocycles. The largest absolute Gasteiger partial charge is 0.497 e. The van der Waals surface area contributed by atoms with Crippen molar-refractivity contribution >= 4 is 17.3 Å². The van der Waals surface area contributed by atoms with Gasteiger partial charge in [0.05, 0.1) is 13.7 Å². The number of aliphatic imine (C=N–C) groups is 1. The Morgan fingerprint density at radius 2 is 2.08 bits per heavy atom. The van der Waals surface area contributed by atoms with E-state index >= 15 is 0 Å². The van der Waals surface area contributed by atoms with Gasteiger partial charge in [0.15, 0.2) is 5.96 Å². The Morgan fingerprint density at radius 3 is 2.79 bits per heavy atom. The Hall–Kier alpha value is -2.21. The van der Waals surface area contributed by atoms with Crippen molar-refractivity contribution < 1.29 is 9.47 Å². The highest BCUT2D eigenvalue weighted by molar-refractivity contribution is 7.09. The molecule has 6 heteroatoms. The van der Waals surface area contributed by atoms with Crippen molar-refractivity contribution in [2.45, 2.75) is 6.42 Å². The summed E-state index contributed by atoms with van der Waals surface area (Å²) in [6.45, 7) is 2.18. The molecule has 2 aromatic rings. The van der Waals surface area contributed by atoms with E-state index in [0.717, 1.165) is 30.4 Å². The summed E-state index contributed by atoms with van der Waals surface area (Å²) in [6.07, 6.45) is 1.02. The predicted octanol–water partition coefficient (Wildman–Crippen LogP) is 2.89. The quantitative estimate of drug-likeness (QED) is 0.453. The first-order valence-electron chi connectivity index (χ1n) is 7.94. The van der Waals surface area contributed by atoms with Crippen LogP contribution in [0.15, 0.2) is 46.8 Å². The fourth-order valence-corrected chi connectivity index (χ4v) is 2.94. The first-order chi connectivity index (χ1) is 11.7. The first kappa shape index (κ1) is 18.1. The maximum Gasteiger partial charge on any atom is 0.193 e. The Bertz CT molecular complexity index is 629. The summed E-state index contributed by atoms with van der Waals surface area (Å²) in [5.74, 6) is 2.47. The number of rotatable bonds is 8. The molecule has 0 saturated heterocycles. The van der Waals surface area contributed by atoms with Crippen LogP contribution in [0.5, 0.6) is 11.5 Å². The molecule has 1 heterocycles. The van der Waals surface area contributed by atoms with Gasteiger partial charge in [0, 0.05) is 31.6 Å². The highest BCUT2D eigenvalue weighted by Gasteiger charge is 2.06. The van der Waals surface area contributed by atoms with Crippen LogP contribution in [0.3, 0.4) is 0 Å². The number of nitrogens with zero attached hydrogens (tertiary/aromatic N) is 2. The minimum atomic E-state index is 0.560. The molecule has 0 amide bonds. The topological polar surface area (TPSA) is 46.1 Å². The summed E-state index contributed by atoms with van der Waals surface area (Å²) in [6, 6.07) is 11.9. The fourth-order valence-electron chi connectivity index (χ4n) is 2.25. The van der Waals surface area contributed by atoms with Gasteiger partial charge in [-0.2, -0.15) is 0 Å². The third kappa shape index (κ3) is 5.77. The fraction of sp³-hybridized carbons (Fsp3) is 0.389. The number of likely N-dealkylation sites (N-methyl/N-ethyl adjacent to an activating group) is 1. The number of thiophene rings is 1. The molecular formula is C18H25N3O2S. The van der Waals surface area contributed by atoms with Crippen LogP contribution in [0, 0.1) is 0 Å². The monoisotopic (exact) mass is 347 g/mol. The van der Waals surface area contributed by atoms with Crippen LogP contribution < -0.4 is 14.8 Å². The average Bonchev–Trinajstić information content (AvgIpc) is 3.13. The van der Waals surface area contributed by atoms with Crippen LogP contribution in [-0.4, -0.2) is 51.8 Å². The van der Waals surface area contributed by atoms with Crippen LogP contribution in [0.1, 0.15) is 4.88 Å². The van der Waals surface area contributed by atoms with Crippen molar-refractivity contribution in [3.63, 3.8) is 0 Å². The molecule has 0 spiro atoms. The summed E-state index contributed by atoms with van der Waals surface area (Å²) in [5.41, 5.74) is 0. The molecule has 0 unspecified atom stereocenters. The number of methoxy groups -OCH3 is 1. The molecule has 0 radical (unpaired) electrons. The van der Waals surface area contributed by atoms with Gasteiger partial charge in [-0.15, -0.1) is 11.3 Å². The molecule has 0 aliphatic rings. The van der Waals surface area contributed by atoms with E-state index in [0.29, 0.717) is 13.2 Å². The van der Waals surface area contributed by atoms with Crippen molar-refractivity contribution in [1.29, 1.82) is 0 Å². The summed E-state index contributed by atoms with van der Waals surface area (Å²) < 4.78 is 10.9. The lowest BCUT2D eigenvalue weighted by atomic mass is 10.3. The van der Waals surface area contributed by atoms with Gasteiger partial charge in [-0.05, 0) is 30.0 Å². The van der Waals surface area contributed by atoms with Crippen molar-refractivity contribution in [2.75, 3.05) is 40.9 Å². The van der Waals surface area contributed by atoms with Crippen LogP contribution in [0.2, 0.25) is 0 Å². The number of benzene rings is 1. The summed E-state index contributed by atoms with van der Waals surface area (Å²) in [4.78, 5) is 7.84.